The molecule has 1 N–H and O–H groups in total. The van der Waals surface area contributed by atoms with Crippen LogP contribution in [-0.2, 0) is 9.53 Å². The first-order valence-electron chi connectivity index (χ1n) is 8.25. The Kier molecular flexibility index (Phi) is 4.84. The molecule has 0 saturated heterocycles. The van der Waals surface area contributed by atoms with Crippen LogP contribution in [0.25, 0.3) is 10.9 Å². The number of benzene rings is 2. The summed E-state index contributed by atoms with van der Waals surface area (Å²) in [4.78, 5) is 29.8. The maximum Gasteiger partial charge on any atom is 0.341 e. The summed E-state index contributed by atoms with van der Waals surface area (Å²) in [6.45, 7) is 3.98. The molecule has 25 heavy (non-hydrogen) atoms. The number of rotatable bonds is 5. The summed E-state index contributed by atoms with van der Waals surface area (Å²) in [5.74, 6) is -0.760. The molecule has 0 unspecified atom stereocenters. The van der Waals surface area contributed by atoms with Gasteiger partial charge in [0.15, 0.2) is 6.10 Å². The van der Waals surface area contributed by atoms with Crippen molar-refractivity contribution < 1.29 is 14.3 Å². The number of para-hydroxylation sites is 2. The molecule has 0 aliphatic rings. The van der Waals surface area contributed by atoms with Crippen molar-refractivity contribution in [1.82, 2.24) is 4.98 Å². The van der Waals surface area contributed by atoms with Crippen molar-refractivity contribution in [2.24, 2.45) is 0 Å². The molecule has 5 nitrogen and oxygen atoms in total. The quantitative estimate of drug-likeness (QED) is 0.722. The van der Waals surface area contributed by atoms with E-state index in [-0.39, 0.29) is 5.91 Å². The summed E-state index contributed by atoms with van der Waals surface area (Å²) in [6, 6.07) is 16.8. The Morgan fingerprint density at radius 3 is 2.48 bits per heavy atom. The predicted octanol–water partition coefficient (Wildman–Crippen LogP) is 3.77. The zero-order valence-electron chi connectivity index (χ0n) is 14.2. The predicted molar refractivity (Wildman–Crippen MR) is 97.6 cm³/mol. The van der Waals surface area contributed by atoms with E-state index in [1.54, 1.807) is 18.0 Å². The number of hydrogen-bond donors (Lipinski definition) is 1. The number of carbonyl (C=O) groups excluding carboxylic acids is 2. The molecule has 1 atom stereocenters. The SMILES string of the molecule is CCN(C(=O)[C@@H](C)OC(=O)c1c[nH]c2ccccc12)c1ccccc1. The van der Waals surface area contributed by atoms with E-state index in [4.69, 9.17) is 4.74 Å². The first-order valence-corrected chi connectivity index (χ1v) is 8.25. The lowest BCUT2D eigenvalue weighted by Gasteiger charge is -2.24. The molecule has 1 aromatic heterocycles. The molecule has 1 amide bonds. The van der Waals surface area contributed by atoms with Crippen LogP contribution in [0.2, 0.25) is 0 Å². The van der Waals surface area contributed by atoms with E-state index in [0.29, 0.717) is 12.1 Å². The van der Waals surface area contributed by atoms with Crippen LogP contribution in [0.3, 0.4) is 0 Å². The second kappa shape index (κ2) is 7.21. The van der Waals surface area contributed by atoms with Gasteiger partial charge in [0, 0.05) is 29.3 Å². The van der Waals surface area contributed by atoms with Crippen LogP contribution in [0, 0.1) is 0 Å². The zero-order chi connectivity index (χ0) is 17.8. The largest absolute Gasteiger partial charge is 0.449 e. The number of carbonyl (C=O) groups is 2. The minimum Gasteiger partial charge on any atom is -0.449 e. The summed E-state index contributed by atoms with van der Waals surface area (Å²) in [6.07, 6.45) is 0.736. The summed E-state index contributed by atoms with van der Waals surface area (Å²) in [7, 11) is 0. The van der Waals surface area contributed by atoms with Crippen LogP contribution in [-0.4, -0.2) is 29.5 Å². The lowest BCUT2D eigenvalue weighted by molar-refractivity contribution is -0.126. The Bertz CT molecular complexity index is 886. The van der Waals surface area contributed by atoms with Gasteiger partial charge in [0.2, 0.25) is 0 Å². The number of nitrogens with one attached hydrogen (secondary N) is 1. The molecule has 0 radical (unpaired) electrons. The molecule has 0 bridgehead atoms. The molecular formula is C20H20N2O3. The molecule has 5 heteroatoms. The fourth-order valence-electron chi connectivity index (χ4n) is 2.81. The molecule has 3 rings (SSSR count). The number of aromatic nitrogens is 1. The van der Waals surface area contributed by atoms with Gasteiger partial charge in [0.05, 0.1) is 5.56 Å². The number of aromatic amines is 1. The highest BCUT2D eigenvalue weighted by molar-refractivity contribution is 6.05. The molecule has 128 valence electrons. The normalized spacial score (nSPS) is 11.9. The van der Waals surface area contributed by atoms with Crippen LogP contribution < -0.4 is 4.90 Å². The van der Waals surface area contributed by atoms with Gasteiger partial charge >= 0.3 is 5.97 Å². The fraction of sp³-hybridized carbons (Fsp3) is 0.200. The lowest BCUT2D eigenvalue weighted by atomic mass is 10.2. The average Bonchev–Trinajstić information content (AvgIpc) is 3.07. The van der Waals surface area contributed by atoms with E-state index in [1.807, 2.05) is 61.5 Å². The summed E-state index contributed by atoms with van der Waals surface area (Å²) >= 11 is 0. The van der Waals surface area contributed by atoms with Crippen molar-refractivity contribution in [3.05, 3.63) is 66.4 Å². The number of ether oxygens (including phenoxy) is 1. The molecule has 0 aliphatic carbocycles. The molecular weight excluding hydrogens is 316 g/mol. The Morgan fingerprint density at radius 1 is 1.08 bits per heavy atom. The number of amides is 1. The first-order chi connectivity index (χ1) is 12.1. The van der Waals surface area contributed by atoms with Crippen molar-refractivity contribution in [2.45, 2.75) is 20.0 Å². The third kappa shape index (κ3) is 3.40. The van der Waals surface area contributed by atoms with E-state index in [2.05, 4.69) is 4.98 Å². The van der Waals surface area contributed by atoms with Gasteiger partial charge in [0.25, 0.3) is 5.91 Å². The van der Waals surface area contributed by atoms with Crippen LogP contribution in [0.5, 0.6) is 0 Å². The van der Waals surface area contributed by atoms with Gasteiger partial charge < -0.3 is 14.6 Å². The van der Waals surface area contributed by atoms with Crippen LogP contribution >= 0.6 is 0 Å². The summed E-state index contributed by atoms with van der Waals surface area (Å²) in [5.41, 5.74) is 2.07. The highest BCUT2D eigenvalue weighted by Gasteiger charge is 2.25. The summed E-state index contributed by atoms with van der Waals surface area (Å²) < 4.78 is 5.42. The van der Waals surface area contributed by atoms with Gasteiger partial charge in [-0.1, -0.05) is 36.4 Å². The number of H-pyrrole nitrogens is 1. The van der Waals surface area contributed by atoms with Crippen LogP contribution in [0.4, 0.5) is 5.69 Å². The van der Waals surface area contributed by atoms with E-state index in [9.17, 15) is 9.59 Å². The first kappa shape index (κ1) is 16.8. The number of nitrogens with zero attached hydrogens (tertiary/aromatic N) is 1. The van der Waals surface area contributed by atoms with Crippen LogP contribution in [0.15, 0.2) is 60.8 Å². The molecule has 0 aliphatic heterocycles. The van der Waals surface area contributed by atoms with E-state index < -0.39 is 12.1 Å². The smallest absolute Gasteiger partial charge is 0.341 e. The van der Waals surface area contributed by atoms with E-state index >= 15 is 0 Å². The van der Waals surface area contributed by atoms with Crippen molar-refractivity contribution >= 4 is 28.5 Å². The Balaban J connectivity index is 1.75. The number of anilines is 1. The third-order valence-electron chi connectivity index (χ3n) is 4.09. The van der Waals surface area contributed by atoms with Gasteiger partial charge in [-0.05, 0) is 32.0 Å². The Labute approximate surface area is 146 Å². The lowest BCUT2D eigenvalue weighted by Crippen LogP contribution is -2.40. The van der Waals surface area contributed by atoms with Crippen molar-refractivity contribution in [2.75, 3.05) is 11.4 Å². The highest BCUT2D eigenvalue weighted by atomic mass is 16.5. The van der Waals surface area contributed by atoms with Crippen molar-refractivity contribution in [3.8, 4) is 0 Å². The van der Waals surface area contributed by atoms with Gasteiger partial charge in [-0.25, -0.2) is 4.79 Å². The zero-order valence-corrected chi connectivity index (χ0v) is 14.2. The second-order valence-corrected chi connectivity index (χ2v) is 5.71. The minimum absolute atomic E-state index is 0.248. The van der Waals surface area contributed by atoms with Crippen molar-refractivity contribution in [1.29, 1.82) is 0 Å². The molecule has 1 heterocycles. The molecule has 2 aromatic carbocycles. The van der Waals surface area contributed by atoms with Crippen molar-refractivity contribution in [3.63, 3.8) is 0 Å². The van der Waals surface area contributed by atoms with E-state index in [1.165, 1.54) is 0 Å². The molecule has 0 saturated carbocycles. The van der Waals surface area contributed by atoms with Gasteiger partial charge in [-0.3, -0.25) is 4.79 Å². The number of fused-ring (bicyclic) bond motifs is 1. The molecule has 0 fully saturated rings. The number of hydrogen-bond acceptors (Lipinski definition) is 3. The highest BCUT2D eigenvalue weighted by Crippen LogP contribution is 2.20. The van der Waals surface area contributed by atoms with Crippen LogP contribution in [0.1, 0.15) is 24.2 Å². The number of likely N-dealkylation sites (N-methyl/N-ethyl adjacent to an activating group) is 1. The third-order valence-corrected chi connectivity index (χ3v) is 4.09. The van der Waals surface area contributed by atoms with Gasteiger partial charge in [-0.2, -0.15) is 0 Å². The maximum absolute atomic E-state index is 12.7. The minimum atomic E-state index is -0.874. The monoisotopic (exact) mass is 336 g/mol. The molecule has 3 aromatic rings. The Morgan fingerprint density at radius 2 is 1.76 bits per heavy atom. The Hall–Kier alpha value is -3.08. The van der Waals surface area contributed by atoms with Gasteiger partial charge in [-0.15, -0.1) is 0 Å². The molecule has 0 spiro atoms. The standard InChI is InChI=1S/C20H20N2O3/c1-3-22(15-9-5-4-6-10-15)19(23)14(2)25-20(24)17-13-21-18-12-8-7-11-16(17)18/h4-14,21H,3H2,1-2H3/t14-/m1/s1. The second-order valence-electron chi connectivity index (χ2n) is 5.71. The number of esters is 1. The fourth-order valence-corrected chi connectivity index (χ4v) is 2.81. The summed E-state index contributed by atoms with van der Waals surface area (Å²) in [5, 5.41) is 0.780. The topological polar surface area (TPSA) is 62.4 Å². The van der Waals surface area contributed by atoms with E-state index in [0.717, 1.165) is 16.6 Å². The average molecular weight is 336 g/mol. The van der Waals surface area contributed by atoms with Gasteiger partial charge in [0.1, 0.15) is 0 Å². The maximum atomic E-state index is 12.7.